The Morgan fingerprint density at radius 3 is 2.90 bits per heavy atom. The fourth-order valence-electron chi connectivity index (χ4n) is 1.87. The van der Waals surface area contributed by atoms with Gasteiger partial charge in [0.15, 0.2) is 0 Å². The Labute approximate surface area is 127 Å². The van der Waals surface area contributed by atoms with Crippen LogP contribution in [0.2, 0.25) is 0 Å². The summed E-state index contributed by atoms with van der Waals surface area (Å²) in [4.78, 5) is 10.7. The Bertz CT molecular complexity index is 607. The fourth-order valence-corrected chi connectivity index (χ4v) is 2.09. The van der Waals surface area contributed by atoms with Crippen LogP contribution in [-0.2, 0) is 6.54 Å². The predicted molar refractivity (Wildman–Crippen MR) is 82.2 cm³/mol. The summed E-state index contributed by atoms with van der Waals surface area (Å²) in [5.74, 6) is 0.879. The molecule has 5 heteroatoms. The van der Waals surface area contributed by atoms with Crippen molar-refractivity contribution in [2.24, 2.45) is 0 Å². The zero-order valence-corrected chi connectivity index (χ0v) is 12.8. The molecular formula is C15H15BrN4. The van der Waals surface area contributed by atoms with E-state index in [1.54, 1.807) is 12.4 Å². The zero-order chi connectivity index (χ0) is 14.4. The van der Waals surface area contributed by atoms with Crippen LogP contribution in [0.4, 0.5) is 5.82 Å². The summed E-state index contributed by atoms with van der Waals surface area (Å²) in [6, 6.07) is 8.15. The van der Waals surface area contributed by atoms with E-state index >= 15 is 0 Å². The normalized spacial score (nSPS) is 10.1. The minimum absolute atomic E-state index is 0.469. The molecule has 0 aliphatic carbocycles. The van der Waals surface area contributed by atoms with E-state index in [0.717, 1.165) is 21.4 Å². The molecule has 0 radical (unpaired) electrons. The van der Waals surface area contributed by atoms with Crippen LogP contribution in [0.3, 0.4) is 0 Å². The second-order valence-electron chi connectivity index (χ2n) is 4.48. The van der Waals surface area contributed by atoms with Crippen LogP contribution in [0.15, 0.2) is 41.3 Å². The Morgan fingerprint density at radius 2 is 2.25 bits per heavy atom. The highest BCUT2D eigenvalue weighted by molar-refractivity contribution is 9.10. The number of pyridine rings is 2. The molecule has 2 aromatic heterocycles. The second-order valence-corrected chi connectivity index (χ2v) is 5.34. The highest BCUT2D eigenvalue weighted by Gasteiger charge is 2.10. The molecule has 4 nitrogen and oxygen atoms in total. The largest absolute Gasteiger partial charge is 0.351 e. The lowest BCUT2D eigenvalue weighted by Crippen LogP contribution is -2.24. The molecule has 0 unspecified atom stereocenters. The van der Waals surface area contributed by atoms with E-state index in [9.17, 15) is 0 Å². The van der Waals surface area contributed by atoms with Gasteiger partial charge in [0.1, 0.15) is 5.82 Å². The number of aromatic nitrogens is 2. The van der Waals surface area contributed by atoms with Crippen LogP contribution in [0.5, 0.6) is 0 Å². The number of aryl methyl sites for hydroxylation is 1. The summed E-state index contributed by atoms with van der Waals surface area (Å²) < 4.78 is 0.989. The van der Waals surface area contributed by atoms with Crippen molar-refractivity contribution < 1.29 is 0 Å². The summed E-state index contributed by atoms with van der Waals surface area (Å²) >= 11 is 3.45. The van der Waals surface area contributed by atoms with E-state index in [1.807, 2.05) is 31.3 Å². The predicted octanol–water partition coefficient (Wildman–Crippen LogP) is 3.47. The Balaban J connectivity index is 2.22. The lowest BCUT2D eigenvalue weighted by atomic mass is 10.2. The van der Waals surface area contributed by atoms with Gasteiger partial charge in [0.2, 0.25) is 0 Å². The van der Waals surface area contributed by atoms with Crippen molar-refractivity contribution in [3.8, 4) is 6.07 Å². The van der Waals surface area contributed by atoms with Crippen LogP contribution in [-0.4, -0.2) is 16.5 Å². The third kappa shape index (κ3) is 3.78. The zero-order valence-electron chi connectivity index (χ0n) is 11.3. The van der Waals surface area contributed by atoms with Gasteiger partial charge < -0.3 is 4.90 Å². The standard InChI is InChI=1S/C15H15BrN4/c1-12-8-15(19-10-14(12)16)20(7-3-5-17)11-13-4-2-6-18-9-13/h2,4,6,8-10H,3,7,11H2,1H3. The number of hydrogen-bond acceptors (Lipinski definition) is 4. The maximum absolute atomic E-state index is 8.81. The smallest absolute Gasteiger partial charge is 0.129 e. The summed E-state index contributed by atoms with van der Waals surface area (Å²) in [6.07, 6.45) is 5.86. The third-order valence-electron chi connectivity index (χ3n) is 2.95. The topological polar surface area (TPSA) is 52.8 Å². The quantitative estimate of drug-likeness (QED) is 0.842. The van der Waals surface area contributed by atoms with Gasteiger partial charge in [-0.3, -0.25) is 4.98 Å². The van der Waals surface area contributed by atoms with Crippen molar-refractivity contribution in [3.63, 3.8) is 0 Å². The molecule has 0 N–H and O–H groups in total. The number of nitriles is 1. The van der Waals surface area contributed by atoms with Crippen LogP contribution >= 0.6 is 15.9 Å². The number of anilines is 1. The van der Waals surface area contributed by atoms with Gasteiger partial charge in [0, 0.05) is 36.2 Å². The number of nitrogens with zero attached hydrogens (tertiary/aromatic N) is 4. The van der Waals surface area contributed by atoms with Crippen molar-refractivity contribution in [1.82, 2.24) is 9.97 Å². The molecule has 0 bridgehead atoms. The number of hydrogen-bond donors (Lipinski definition) is 0. The van der Waals surface area contributed by atoms with Crippen LogP contribution in [0.1, 0.15) is 17.5 Å². The van der Waals surface area contributed by atoms with Gasteiger partial charge in [-0.2, -0.15) is 5.26 Å². The van der Waals surface area contributed by atoms with Gasteiger partial charge >= 0.3 is 0 Å². The minimum Gasteiger partial charge on any atom is -0.351 e. The molecule has 0 aromatic carbocycles. The van der Waals surface area contributed by atoms with E-state index in [-0.39, 0.29) is 0 Å². The first-order chi connectivity index (χ1) is 9.70. The van der Waals surface area contributed by atoms with Gasteiger partial charge in [-0.15, -0.1) is 0 Å². The molecule has 0 fully saturated rings. The number of rotatable bonds is 5. The molecule has 0 aliphatic heterocycles. The van der Waals surface area contributed by atoms with Crippen molar-refractivity contribution in [2.45, 2.75) is 19.9 Å². The van der Waals surface area contributed by atoms with E-state index in [0.29, 0.717) is 19.5 Å². The SMILES string of the molecule is Cc1cc(N(CCC#N)Cc2cccnc2)ncc1Br. The average molecular weight is 331 g/mol. The van der Waals surface area contributed by atoms with Gasteiger partial charge in [0.05, 0.1) is 12.5 Å². The lowest BCUT2D eigenvalue weighted by Gasteiger charge is -2.23. The van der Waals surface area contributed by atoms with Gasteiger partial charge in [-0.1, -0.05) is 6.07 Å². The Kier molecular flexibility index (Phi) is 5.08. The van der Waals surface area contributed by atoms with Crippen LogP contribution < -0.4 is 4.90 Å². The monoisotopic (exact) mass is 330 g/mol. The average Bonchev–Trinajstić information content (AvgIpc) is 2.47. The molecule has 0 saturated carbocycles. The molecule has 0 aliphatic rings. The maximum atomic E-state index is 8.81. The lowest BCUT2D eigenvalue weighted by molar-refractivity contribution is 0.779. The Morgan fingerprint density at radius 1 is 1.40 bits per heavy atom. The molecule has 2 aromatic rings. The highest BCUT2D eigenvalue weighted by atomic mass is 79.9. The first-order valence-corrected chi connectivity index (χ1v) is 7.13. The van der Waals surface area contributed by atoms with Crippen LogP contribution in [0, 0.1) is 18.3 Å². The summed E-state index contributed by atoms with van der Waals surface area (Å²) in [7, 11) is 0. The van der Waals surface area contributed by atoms with Crippen molar-refractivity contribution in [3.05, 3.63) is 52.4 Å². The third-order valence-corrected chi connectivity index (χ3v) is 3.78. The summed E-state index contributed by atoms with van der Waals surface area (Å²) in [6.45, 7) is 3.38. The first kappa shape index (κ1) is 14.5. The van der Waals surface area contributed by atoms with Crippen molar-refractivity contribution in [2.75, 3.05) is 11.4 Å². The van der Waals surface area contributed by atoms with Gasteiger partial charge in [-0.05, 0) is 46.1 Å². The second kappa shape index (κ2) is 7.01. The summed E-state index contributed by atoms with van der Waals surface area (Å²) in [5, 5.41) is 8.81. The molecule has 0 saturated heterocycles. The summed E-state index contributed by atoms with van der Waals surface area (Å²) in [5.41, 5.74) is 2.23. The highest BCUT2D eigenvalue weighted by Crippen LogP contribution is 2.21. The van der Waals surface area contributed by atoms with E-state index in [1.165, 1.54) is 0 Å². The van der Waals surface area contributed by atoms with Crippen molar-refractivity contribution in [1.29, 1.82) is 5.26 Å². The first-order valence-electron chi connectivity index (χ1n) is 6.33. The van der Waals surface area contributed by atoms with Gasteiger partial charge in [-0.25, -0.2) is 4.98 Å². The van der Waals surface area contributed by atoms with Crippen LogP contribution in [0.25, 0.3) is 0 Å². The molecule has 2 heterocycles. The van der Waals surface area contributed by atoms with E-state index in [4.69, 9.17) is 5.26 Å². The number of halogens is 1. The molecule has 0 spiro atoms. The molecule has 0 amide bonds. The molecule has 20 heavy (non-hydrogen) atoms. The minimum atomic E-state index is 0.469. The van der Waals surface area contributed by atoms with E-state index < -0.39 is 0 Å². The van der Waals surface area contributed by atoms with E-state index in [2.05, 4.69) is 36.9 Å². The maximum Gasteiger partial charge on any atom is 0.129 e. The van der Waals surface area contributed by atoms with Gasteiger partial charge in [0.25, 0.3) is 0 Å². The Hall–Kier alpha value is -1.93. The fraction of sp³-hybridized carbons (Fsp3) is 0.267. The molecular weight excluding hydrogens is 316 g/mol. The molecule has 102 valence electrons. The molecule has 0 atom stereocenters. The van der Waals surface area contributed by atoms with Crippen molar-refractivity contribution >= 4 is 21.7 Å². The molecule has 2 rings (SSSR count).